The first-order chi connectivity index (χ1) is 12.1. The van der Waals surface area contributed by atoms with Crippen LogP contribution in [0.5, 0.6) is 0 Å². The summed E-state index contributed by atoms with van der Waals surface area (Å²) in [4.78, 5) is 18.4. The predicted molar refractivity (Wildman–Crippen MR) is 96.2 cm³/mol. The van der Waals surface area contributed by atoms with Crippen molar-refractivity contribution in [3.05, 3.63) is 24.5 Å². The normalized spacial score (nSPS) is 20.7. The van der Waals surface area contributed by atoms with E-state index in [-0.39, 0.29) is 18.1 Å². The molecule has 8 heteroatoms. The summed E-state index contributed by atoms with van der Waals surface area (Å²) < 4.78 is 7.71. The van der Waals surface area contributed by atoms with Crippen LogP contribution in [0.1, 0.15) is 20.8 Å². The van der Waals surface area contributed by atoms with Gasteiger partial charge in [-0.05, 0) is 32.9 Å². The highest BCUT2D eigenvalue weighted by Crippen LogP contribution is 2.24. The zero-order chi connectivity index (χ0) is 17.8. The van der Waals surface area contributed by atoms with Crippen molar-refractivity contribution < 1.29 is 9.53 Å². The molecular formula is C17H23N5O2S. The molecule has 0 N–H and O–H groups in total. The Morgan fingerprint density at radius 1 is 1.24 bits per heavy atom. The third-order valence-electron chi connectivity index (χ3n) is 4.07. The van der Waals surface area contributed by atoms with E-state index in [9.17, 15) is 4.79 Å². The van der Waals surface area contributed by atoms with Crippen LogP contribution >= 0.6 is 11.8 Å². The van der Waals surface area contributed by atoms with Gasteiger partial charge >= 0.3 is 0 Å². The fourth-order valence-electron chi connectivity index (χ4n) is 2.99. The molecule has 0 radical (unpaired) electrons. The molecule has 7 nitrogen and oxygen atoms in total. The van der Waals surface area contributed by atoms with Gasteiger partial charge in [-0.3, -0.25) is 9.78 Å². The molecule has 2 atom stereocenters. The molecule has 0 aliphatic carbocycles. The molecule has 2 aromatic rings. The van der Waals surface area contributed by atoms with Gasteiger partial charge in [0.15, 0.2) is 11.0 Å². The number of morpholine rings is 1. The SMILES string of the molecule is CCn1c(SCC(=O)N2C[C@H](C)O[C@@H](C)C2)nnc1-c1ccncc1. The molecule has 25 heavy (non-hydrogen) atoms. The van der Waals surface area contributed by atoms with E-state index in [4.69, 9.17) is 4.74 Å². The molecule has 0 unspecified atom stereocenters. The zero-order valence-corrected chi connectivity index (χ0v) is 15.6. The Morgan fingerprint density at radius 2 is 1.92 bits per heavy atom. The smallest absolute Gasteiger partial charge is 0.233 e. The number of rotatable bonds is 5. The van der Waals surface area contributed by atoms with Crippen molar-refractivity contribution in [2.45, 2.75) is 44.7 Å². The molecule has 1 amide bonds. The summed E-state index contributed by atoms with van der Waals surface area (Å²) in [7, 11) is 0. The molecule has 0 bridgehead atoms. The Bertz CT molecular complexity index is 711. The van der Waals surface area contributed by atoms with Crippen molar-refractivity contribution >= 4 is 17.7 Å². The minimum absolute atomic E-state index is 0.0790. The molecular weight excluding hydrogens is 338 g/mol. The van der Waals surface area contributed by atoms with E-state index in [2.05, 4.69) is 15.2 Å². The number of hydrogen-bond acceptors (Lipinski definition) is 6. The number of amides is 1. The number of thioether (sulfide) groups is 1. The van der Waals surface area contributed by atoms with Crippen LogP contribution < -0.4 is 0 Å². The van der Waals surface area contributed by atoms with Crippen molar-refractivity contribution in [2.24, 2.45) is 0 Å². The number of ether oxygens (including phenoxy) is 1. The van der Waals surface area contributed by atoms with E-state index < -0.39 is 0 Å². The molecule has 0 spiro atoms. The Hall–Kier alpha value is -1.93. The molecule has 0 aromatic carbocycles. The van der Waals surface area contributed by atoms with Gasteiger partial charge < -0.3 is 14.2 Å². The monoisotopic (exact) mass is 361 g/mol. The van der Waals surface area contributed by atoms with Crippen LogP contribution in [0.4, 0.5) is 0 Å². The maximum absolute atomic E-state index is 12.5. The number of carbonyl (C=O) groups is 1. The van der Waals surface area contributed by atoms with E-state index in [0.29, 0.717) is 18.8 Å². The molecule has 3 heterocycles. The van der Waals surface area contributed by atoms with Gasteiger partial charge in [0.25, 0.3) is 0 Å². The third-order valence-corrected chi connectivity index (χ3v) is 5.02. The van der Waals surface area contributed by atoms with Crippen molar-refractivity contribution in [1.29, 1.82) is 0 Å². The van der Waals surface area contributed by atoms with Crippen molar-refractivity contribution in [2.75, 3.05) is 18.8 Å². The number of pyridine rings is 1. The van der Waals surface area contributed by atoms with Crippen molar-refractivity contribution in [3.63, 3.8) is 0 Å². The van der Waals surface area contributed by atoms with Gasteiger partial charge in [0.1, 0.15) is 0 Å². The molecule has 3 rings (SSSR count). The van der Waals surface area contributed by atoms with Gasteiger partial charge in [-0.25, -0.2) is 0 Å². The fraction of sp³-hybridized carbons (Fsp3) is 0.529. The largest absolute Gasteiger partial charge is 0.372 e. The lowest BCUT2D eigenvalue weighted by Gasteiger charge is -2.35. The molecule has 1 aliphatic heterocycles. The van der Waals surface area contributed by atoms with Crippen LogP contribution in [-0.4, -0.2) is 61.6 Å². The molecule has 1 saturated heterocycles. The van der Waals surface area contributed by atoms with Gasteiger partial charge in [-0.15, -0.1) is 10.2 Å². The first-order valence-corrected chi connectivity index (χ1v) is 9.46. The third kappa shape index (κ3) is 4.19. The zero-order valence-electron chi connectivity index (χ0n) is 14.8. The highest BCUT2D eigenvalue weighted by atomic mass is 32.2. The topological polar surface area (TPSA) is 73.1 Å². The molecule has 2 aromatic heterocycles. The van der Waals surface area contributed by atoms with E-state index in [1.807, 2.05) is 42.4 Å². The summed E-state index contributed by atoms with van der Waals surface area (Å²) in [5, 5.41) is 9.32. The van der Waals surface area contributed by atoms with Gasteiger partial charge in [0.2, 0.25) is 5.91 Å². The number of nitrogens with zero attached hydrogens (tertiary/aromatic N) is 5. The van der Waals surface area contributed by atoms with Crippen LogP contribution in [0.25, 0.3) is 11.4 Å². The predicted octanol–water partition coefficient (Wildman–Crippen LogP) is 2.09. The first-order valence-electron chi connectivity index (χ1n) is 8.48. The van der Waals surface area contributed by atoms with Crippen molar-refractivity contribution in [1.82, 2.24) is 24.6 Å². The highest BCUT2D eigenvalue weighted by molar-refractivity contribution is 7.99. The minimum atomic E-state index is 0.0790. The Kier molecular flexibility index (Phi) is 5.70. The number of hydrogen-bond donors (Lipinski definition) is 0. The van der Waals surface area contributed by atoms with E-state index in [0.717, 1.165) is 23.1 Å². The number of carbonyl (C=O) groups excluding carboxylic acids is 1. The second-order valence-electron chi connectivity index (χ2n) is 6.13. The van der Waals surface area contributed by atoms with Crippen LogP contribution in [-0.2, 0) is 16.1 Å². The fourth-order valence-corrected chi connectivity index (χ4v) is 3.90. The average Bonchev–Trinajstić information content (AvgIpc) is 3.02. The lowest BCUT2D eigenvalue weighted by molar-refractivity contribution is -0.140. The summed E-state index contributed by atoms with van der Waals surface area (Å²) in [6.07, 6.45) is 3.63. The van der Waals surface area contributed by atoms with Gasteiger partial charge in [0.05, 0.1) is 18.0 Å². The highest BCUT2D eigenvalue weighted by Gasteiger charge is 2.26. The lowest BCUT2D eigenvalue weighted by atomic mass is 10.2. The van der Waals surface area contributed by atoms with Gasteiger partial charge in [0, 0.05) is 37.6 Å². The molecule has 134 valence electrons. The quantitative estimate of drug-likeness (QED) is 0.759. The lowest BCUT2D eigenvalue weighted by Crippen LogP contribution is -2.48. The van der Waals surface area contributed by atoms with Crippen LogP contribution in [0.3, 0.4) is 0 Å². The Balaban J connectivity index is 1.67. The first kappa shape index (κ1) is 17.9. The van der Waals surface area contributed by atoms with Crippen LogP contribution in [0, 0.1) is 0 Å². The van der Waals surface area contributed by atoms with E-state index >= 15 is 0 Å². The maximum Gasteiger partial charge on any atom is 0.233 e. The standard InChI is InChI=1S/C17H23N5O2S/c1-4-22-16(14-5-7-18-8-6-14)19-20-17(22)25-11-15(23)21-9-12(2)24-13(3)10-21/h5-8,12-13H,4,9-11H2,1-3H3/t12-,13-/m0/s1. The number of aromatic nitrogens is 4. The summed E-state index contributed by atoms with van der Waals surface area (Å²) in [6, 6.07) is 3.82. The van der Waals surface area contributed by atoms with Gasteiger partial charge in [-0.2, -0.15) is 0 Å². The summed E-state index contributed by atoms with van der Waals surface area (Å²) >= 11 is 1.43. The maximum atomic E-state index is 12.5. The summed E-state index contributed by atoms with van der Waals surface area (Å²) in [5.41, 5.74) is 0.971. The van der Waals surface area contributed by atoms with Crippen molar-refractivity contribution in [3.8, 4) is 11.4 Å². The van der Waals surface area contributed by atoms with E-state index in [1.165, 1.54) is 11.8 Å². The second-order valence-corrected chi connectivity index (χ2v) is 7.07. The molecule has 1 fully saturated rings. The van der Waals surface area contributed by atoms with E-state index in [1.54, 1.807) is 12.4 Å². The summed E-state index contributed by atoms with van der Waals surface area (Å²) in [5.74, 6) is 1.27. The Labute approximate surface area is 151 Å². The second kappa shape index (κ2) is 7.97. The van der Waals surface area contributed by atoms with Crippen LogP contribution in [0.15, 0.2) is 29.7 Å². The van der Waals surface area contributed by atoms with Gasteiger partial charge in [-0.1, -0.05) is 11.8 Å². The average molecular weight is 361 g/mol. The molecule has 0 saturated carbocycles. The Morgan fingerprint density at radius 3 is 2.56 bits per heavy atom. The summed E-state index contributed by atoms with van der Waals surface area (Å²) in [6.45, 7) is 8.08. The molecule has 1 aliphatic rings. The minimum Gasteiger partial charge on any atom is -0.372 e. The van der Waals surface area contributed by atoms with Crippen LogP contribution in [0.2, 0.25) is 0 Å².